The molecule has 0 aliphatic rings. The van der Waals surface area contributed by atoms with Crippen molar-refractivity contribution in [2.24, 2.45) is 7.05 Å². The van der Waals surface area contributed by atoms with Crippen LogP contribution in [0.2, 0.25) is 0 Å². The van der Waals surface area contributed by atoms with Crippen molar-refractivity contribution in [1.29, 1.82) is 0 Å². The number of fused-ring (bicyclic) bond motifs is 1. The van der Waals surface area contributed by atoms with Gasteiger partial charge in [-0.15, -0.1) is 11.8 Å². The molecule has 0 atom stereocenters. The number of hydrogen-bond acceptors (Lipinski definition) is 5. The lowest BCUT2D eigenvalue weighted by Gasteiger charge is -2.08. The van der Waals surface area contributed by atoms with Crippen LogP contribution in [-0.4, -0.2) is 35.9 Å². The summed E-state index contributed by atoms with van der Waals surface area (Å²) >= 11 is 1.19. The fraction of sp³-hybridized carbons (Fsp3) is 0.250. The lowest BCUT2D eigenvalue weighted by atomic mass is 10.2. The van der Waals surface area contributed by atoms with Gasteiger partial charge in [-0.25, -0.2) is 9.78 Å². The molecule has 1 aromatic carbocycles. The Morgan fingerprint density at radius 3 is 2.68 bits per heavy atom. The number of carboxylic acids is 1. The first-order valence-electron chi connectivity index (χ1n) is 7.49. The molecule has 8 nitrogen and oxygen atoms in total. The van der Waals surface area contributed by atoms with Gasteiger partial charge in [0.25, 0.3) is 5.56 Å². The molecule has 9 heteroatoms. The van der Waals surface area contributed by atoms with Crippen LogP contribution in [-0.2, 0) is 24.1 Å². The topological polar surface area (TPSA) is 110 Å². The number of rotatable bonds is 6. The van der Waals surface area contributed by atoms with Gasteiger partial charge in [0, 0.05) is 13.6 Å². The highest BCUT2D eigenvalue weighted by Gasteiger charge is 2.17. The van der Waals surface area contributed by atoms with E-state index in [9.17, 15) is 14.4 Å². The molecular formula is C16H16N4O4S. The van der Waals surface area contributed by atoms with Gasteiger partial charge in [-0.3, -0.25) is 19.1 Å². The number of nitrogens with zero attached hydrogens (tertiary/aromatic N) is 3. The van der Waals surface area contributed by atoms with Crippen molar-refractivity contribution in [2.75, 3.05) is 5.75 Å². The molecule has 0 radical (unpaired) electrons. The molecule has 130 valence electrons. The zero-order chi connectivity index (χ0) is 18.0. The number of H-pyrrole nitrogens is 1. The molecule has 2 heterocycles. The Kier molecular flexibility index (Phi) is 4.75. The van der Waals surface area contributed by atoms with E-state index >= 15 is 0 Å². The number of aliphatic carboxylic acids is 1. The Morgan fingerprint density at radius 2 is 2.00 bits per heavy atom. The summed E-state index contributed by atoms with van der Waals surface area (Å²) in [5, 5.41) is 8.81. The average molecular weight is 360 g/mol. The van der Waals surface area contributed by atoms with E-state index in [-0.39, 0.29) is 11.4 Å². The molecule has 0 fully saturated rings. The highest BCUT2D eigenvalue weighted by atomic mass is 32.2. The van der Waals surface area contributed by atoms with E-state index in [1.807, 2.05) is 30.3 Å². The van der Waals surface area contributed by atoms with Gasteiger partial charge in [0.1, 0.15) is 5.82 Å². The summed E-state index contributed by atoms with van der Waals surface area (Å²) < 4.78 is 3.02. The predicted octanol–water partition coefficient (Wildman–Crippen LogP) is 0.789. The standard InChI is InChI=1S/C16H16N4O4S/c1-19-14-13(15(23)18-16(19)24)20(7-10-5-3-2-4-6-10)11(17-14)8-25-9-12(21)22/h2-6H,7-9H2,1H3,(H,21,22)(H,18,23,24). The van der Waals surface area contributed by atoms with Crippen molar-refractivity contribution in [3.05, 3.63) is 62.6 Å². The second-order valence-electron chi connectivity index (χ2n) is 5.48. The molecule has 0 unspecified atom stereocenters. The van der Waals surface area contributed by atoms with Crippen molar-refractivity contribution < 1.29 is 9.90 Å². The van der Waals surface area contributed by atoms with Gasteiger partial charge < -0.3 is 9.67 Å². The average Bonchev–Trinajstić information content (AvgIpc) is 2.92. The highest BCUT2D eigenvalue weighted by Crippen LogP contribution is 2.18. The monoisotopic (exact) mass is 360 g/mol. The molecule has 0 aliphatic heterocycles. The van der Waals surface area contributed by atoms with E-state index in [0.717, 1.165) is 5.56 Å². The Balaban J connectivity index is 2.12. The van der Waals surface area contributed by atoms with Crippen molar-refractivity contribution in [2.45, 2.75) is 12.3 Å². The minimum Gasteiger partial charge on any atom is -0.481 e. The van der Waals surface area contributed by atoms with E-state index in [2.05, 4.69) is 9.97 Å². The van der Waals surface area contributed by atoms with Crippen LogP contribution in [0.5, 0.6) is 0 Å². The summed E-state index contributed by atoms with van der Waals surface area (Å²) in [5.41, 5.74) is 0.523. The largest absolute Gasteiger partial charge is 0.481 e. The van der Waals surface area contributed by atoms with E-state index in [0.29, 0.717) is 23.6 Å². The number of hydrogen-bond donors (Lipinski definition) is 2. The number of aryl methyl sites for hydroxylation is 1. The summed E-state index contributed by atoms with van der Waals surface area (Å²) in [7, 11) is 1.54. The molecular weight excluding hydrogens is 344 g/mol. The maximum Gasteiger partial charge on any atom is 0.329 e. The van der Waals surface area contributed by atoms with Gasteiger partial charge in [-0.1, -0.05) is 30.3 Å². The molecule has 2 aromatic heterocycles. The lowest BCUT2D eigenvalue weighted by Crippen LogP contribution is -2.29. The van der Waals surface area contributed by atoms with Crippen molar-refractivity contribution >= 4 is 28.9 Å². The molecule has 0 saturated carbocycles. The molecule has 2 N–H and O–H groups in total. The fourth-order valence-electron chi connectivity index (χ4n) is 2.56. The number of nitrogens with one attached hydrogen (secondary N) is 1. The normalized spacial score (nSPS) is 11.1. The van der Waals surface area contributed by atoms with Crippen molar-refractivity contribution in [1.82, 2.24) is 19.1 Å². The molecule has 0 bridgehead atoms. The Bertz CT molecular complexity index is 1040. The van der Waals surface area contributed by atoms with E-state index in [4.69, 9.17) is 5.11 Å². The highest BCUT2D eigenvalue weighted by molar-refractivity contribution is 7.99. The maximum absolute atomic E-state index is 12.3. The molecule has 0 aliphatic carbocycles. The third kappa shape index (κ3) is 3.50. The third-order valence-corrected chi connectivity index (χ3v) is 4.64. The number of benzene rings is 1. The third-order valence-electron chi connectivity index (χ3n) is 3.73. The van der Waals surface area contributed by atoms with Gasteiger partial charge in [0.05, 0.1) is 11.5 Å². The van der Waals surface area contributed by atoms with Crippen LogP contribution in [0.15, 0.2) is 39.9 Å². The van der Waals surface area contributed by atoms with E-state index in [1.165, 1.54) is 23.4 Å². The van der Waals surface area contributed by atoms with Crippen LogP contribution in [0.1, 0.15) is 11.4 Å². The number of carbonyl (C=O) groups is 1. The van der Waals surface area contributed by atoms with E-state index < -0.39 is 17.2 Å². The number of imidazole rings is 1. The minimum atomic E-state index is -0.916. The van der Waals surface area contributed by atoms with Crippen LogP contribution in [0.3, 0.4) is 0 Å². The van der Waals surface area contributed by atoms with Gasteiger partial charge in [-0.05, 0) is 5.56 Å². The first-order valence-corrected chi connectivity index (χ1v) is 8.64. The van der Waals surface area contributed by atoms with Crippen molar-refractivity contribution in [3.8, 4) is 0 Å². The second kappa shape index (κ2) is 6.98. The van der Waals surface area contributed by atoms with Crippen LogP contribution in [0.25, 0.3) is 11.2 Å². The SMILES string of the molecule is Cn1c(=O)[nH]c(=O)c2c1nc(CSCC(=O)O)n2Cc1ccccc1. The van der Waals surface area contributed by atoms with Crippen LogP contribution >= 0.6 is 11.8 Å². The maximum atomic E-state index is 12.3. The second-order valence-corrected chi connectivity index (χ2v) is 6.46. The lowest BCUT2D eigenvalue weighted by molar-refractivity contribution is -0.133. The summed E-state index contributed by atoms with van der Waals surface area (Å²) in [6.45, 7) is 0.404. The minimum absolute atomic E-state index is 0.0656. The van der Waals surface area contributed by atoms with Crippen molar-refractivity contribution in [3.63, 3.8) is 0 Å². The molecule has 25 heavy (non-hydrogen) atoms. The number of thioether (sulfide) groups is 1. The Hall–Kier alpha value is -2.81. The molecule has 0 saturated heterocycles. The van der Waals surface area contributed by atoms with Gasteiger partial charge >= 0.3 is 11.7 Å². The number of aromatic nitrogens is 4. The number of carboxylic acid groups (broad SMARTS) is 1. The smallest absolute Gasteiger partial charge is 0.329 e. The summed E-state index contributed by atoms with van der Waals surface area (Å²) in [4.78, 5) is 41.6. The molecule has 0 amide bonds. The molecule has 3 rings (SSSR count). The van der Waals surface area contributed by atoms with Gasteiger partial charge in [0.15, 0.2) is 11.2 Å². The predicted molar refractivity (Wildman–Crippen MR) is 94.9 cm³/mol. The fourth-order valence-corrected chi connectivity index (χ4v) is 3.24. The summed E-state index contributed by atoms with van der Waals surface area (Å²) in [5.74, 6) is -0.108. The van der Waals surface area contributed by atoms with Gasteiger partial charge in [-0.2, -0.15) is 0 Å². The van der Waals surface area contributed by atoms with E-state index in [1.54, 1.807) is 4.57 Å². The first kappa shape index (κ1) is 17.0. The molecule has 0 spiro atoms. The summed E-state index contributed by atoms with van der Waals surface area (Å²) in [6.07, 6.45) is 0. The zero-order valence-corrected chi connectivity index (χ0v) is 14.2. The van der Waals surface area contributed by atoms with Crippen LogP contribution in [0, 0.1) is 0 Å². The van der Waals surface area contributed by atoms with Gasteiger partial charge in [0.2, 0.25) is 0 Å². The van der Waals surface area contributed by atoms with Crippen LogP contribution < -0.4 is 11.2 Å². The quantitative estimate of drug-likeness (QED) is 0.672. The molecule has 3 aromatic rings. The number of aromatic amines is 1. The summed E-state index contributed by atoms with van der Waals surface area (Å²) in [6, 6.07) is 9.54. The zero-order valence-electron chi connectivity index (χ0n) is 13.4. The Morgan fingerprint density at radius 1 is 1.28 bits per heavy atom. The van der Waals surface area contributed by atoms with Crippen LogP contribution in [0.4, 0.5) is 0 Å². The Labute approximate surface area is 146 Å². The first-order chi connectivity index (χ1) is 12.0.